The molecule has 0 spiro atoms. The number of carboxylic acid groups (broad SMARTS) is 1. The van der Waals surface area contributed by atoms with Crippen LogP contribution in [0.1, 0.15) is 20.3 Å². The van der Waals surface area contributed by atoms with Crippen molar-refractivity contribution in [3.63, 3.8) is 0 Å². The van der Waals surface area contributed by atoms with Crippen molar-refractivity contribution >= 4 is 11.9 Å². The van der Waals surface area contributed by atoms with Crippen LogP contribution in [-0.4, -0.2) is 72.6 Å². The number of carbonyl (C=O) groups is 2. The summed E-state index contributed by atoms with van der Waals surface area (Å²) in [5, 5.41) is 11.2. The second-order valence-electron chi connectivity index (χ2n) is 6.95. The molecule has 162 valence electrons. The van der Waals surface area contributed by atoms with Crippen LogP contribution in [0.15, 0.2) is 12.7 Å². The first-order valence-corrected chi connectivity index (χ1v) is 8.31. The zero-order valence-electron chi connectivity index (χ0n) is 15.4. The topological polar surface area (TPSA) is 88.1 Å². The molecule has 2 aliphatic heterocycles. The Bertz CT molecular complexity index is 582. The molecule has 2 rings (SSSR count). The van der Waals surface area contributed by atoms with Gasteiger partial charge in [0.1, 0.15) is 12.6 Å². The van der Waals surface area contributed by atoms with E-state index in [2.05, 4.69) is 11.9 Å². The molecule has 0 aromatic rings. The highest BCUT2D eigenvalue weighted by molar-refractivity contribution is 5.76. The molecular formula is C16H23F5N2O5. The molecule has 2 fully saturated rings. The van der Waals surface area contributed by atoms with Gasteiger partial charge in [0.25, 0.3) is 5.92 Å². The molecule has 2 N–H and O–H groups in total. The van der Waals surface area contributed by atoms with Gasteiger partial charge < -0.3 is 15.2 Å². The predicted octanol–water partition coefficient (Wildman–Crippen LogP) is 1.99. The van der Waals surface area contributed by atoms with Crippen LogP contribution < -0.4 is 5.32 Å². The highest BCUT2D eigenvalue weighted by Gasteiger charge is 2.57. The smallest absolute Gasteiger partial charge is 0.475 e. The minimum Gasteiger partial charge on any atom is -0.475 e. The number of halogens is 5. The number of ether oxygens (including phenoxy) is 1. The van der Waals surface area contributed by atoms with Gasteiger partial charge in [-0.2, -0.15) is 18.2 Å². The number of nitrogens with one attached hydrogen (secondary N) is 1. The van der Waals surface area contributed by atoms with Crippen molar-refractivity contribution < 1.29 is 46.2 Å². The van der Waals surface area contributed by atoms with E-state index in [0.717, 1.165) is 0 Å². The minimum absolute atomic E-state index is 0.148. The van der Waals surface area contributed by atoms with Gasteiger partial charge in [-0.1, -0.05) is 12.7 Å². The van der Waals surface area contributed by atoms with Gasteiger partial charge in [-0.05, 0) is 20.3 Å². The predicted molar refractivity (Wildman–Crippen MR) is 86.4 cm³/mol. The van der Waals surface area contributed by atoms with Gasteiger partial charge in [0.05, 0.1) is 24.6 Å². The maximum Gasteiger partial charge on any atom is 0.490 e. The number of rotatable bonds is 6. The zero-order chi connectivity index (χ0) is 21.8. The summed E-state index contributed by atoms with van der Waals surface area (Å²) in [4.78, 5) is 26.1. The third kappa shape index (κ3) is 6.38. The van der Waals surface area contributed by atoms with Crippen molar-refractivity contribution in [2.75, 3.05) is 26.3 Å². The van der Waals surface area contributed by atoms with E-state index in [0.29, 0.717) is 6.42 Å². The van der Waals surface area contributed by atoms with Gasteiger partial charge in [0.15, 0.2) is 0 Å². The van der Waals surface area contributed by atoms with Gasteiger partial charge in [-0.25, -0.2) is 13.6 Å². The first-order valence-electron chi connectivity index (χ1n) is 8.31. The van der Waals surface area contributed by atoms with Crippen molar-refractivity contribution in [1.82, 2.24) is 10.4 Å². The number of carboxylic acids is 1. The third-order valence-electron chi connectivity index (χ3n) is 4.23. The fourth-order valence-corrected chi connectivity index (χ4v) is 2.62. The lowest BCUT2D eigenvalue weighted by Gasteiger charge is -2.29. The molecule has 0 aliphatic carbocycles. The molecule has 0 radical (unpaired) electrons. The number of alkyl halides is 5. The largest absolute Gasteiger partial charge is 0.490 e. The van der Waals surface area contributed by atoms with Crippen LogP contribution in [0.3, 0.4) is 0 Å². The lowest BCUT2D eigenvalue weighted by atomic mass is 9.89. The minimum atomic E-state index is -5.08. The van der Waals surface area contributed by atoms with Crippen LogP contribution >= 0.6 is 0 Å². The molecule has 0 aromatic heterocycles. The maximum atomic E-state index is 13.8. The summed E-state index contributed by atoms with van der Waals surface area (Å²) in [5.74, 6) is -5.93. The van der Waals surface area contributed by atoms with E-state index in [1.165, 1.54) is 11.1 Å². The van der Waals surface area contributed by atoms with Crippen LogP contribution in [0, 0.1) is 5.41 Å². The van der Waals surface area contributed by atoms with Gasteiger partial charge in [0.2, 0.25) is 0 Å². The number of hydroxylamine groups is 2. The van der Waals surface area contributed by atoms with Crippen molar-refractivity contribution in [2.45, 2.75) is 44.5 Å². The van der Waals surface area contributed by atoms with E-state index in [-0.39, 0.29) is 38.3 Å². The second-order valence-corrected chi connectivity index (χ2v) is 6.95. The number of aliphatic carboxylic acids is 1. The van der Waals surface area contributed by atoms with Crippen molar-refractivity contribution in [1.29, 1.82) is 0 Å². The van der Waals surface area contributed by atoms with Crippen LogP contribution in [-0.2, 0) is 19.2 Å². The number of nitrogens with zero attached hydrogens (tertiary/aromatic N) is 1. The van der Waals surface area contributed by atoms with Crippen molar-refractivity contribution in [3.05, 3.63) is 12.7 Å². The summed E-state index contributed by atoms with van der Waals surface area (Å²) in [7, 11) is 0. The molecule has 2 unspecified atom stereocenters. The molecule has 2 aliphatic rings. The van der Waals surface area contributed by atoms with E-state index in [4.69, 9.17) is 19.5 Å². The Hall–Kier alpha value is -1.79. The van der Waals surface area contributed by atoms with E-state index in [1.54, 1.807) is 13.8 Å². The molecule has 28 heavy (non-hydrogen) atoms. The molecule has 2 saturated heterocycles. The number of fused-ring (bicyclic) bond motifs is 1. The number of carbonyl (C=O) groups excluding carboxylic acids is 1. The molecule has 0 amide bonds. The summed E-state index contributed by atoms with van der Waals surface area (Å²) in [6.45, 7) is 7.26. The summed E-state index contributed by atoms with van der Waals surface area (Å²) in [6.07, 6.45) is -3.21. The molecule has 2 atom stereocenters. The van der Waals surface area contributed by atoms with Crippen LogP contribution in [0.4, 0.5) is 22.0 Å². The Morgan fingerprint density at radius 3 is 2.46 bits per heavy atom. The molecule has 7 nitrogen and oxygen atoms in total. The lowest BCUT2D eigenvalue weighted by molar-refractivity contribution is -0.192. The normalized spacial score (nSPS) is 24.1. The molecule has 12 heteroatoms. The van der Waals surface area contributed by atoms with E-state index in [9.17, 15) is 26.7 Å². The average Bonchev–Trinajstić information content (AvgIpc) is 3.12. The summed E-state index contributed by atoms with van der Waals surface area (Å²) >= 11 is 0. The van der Waals surface area contributed by atoms with E-state index < -0.39 is 29.5 Å². The monoisotopic (exact) mass is 418 g/mol. The third-order valence-corrected chi connectivity index (χ3v) is 4.23. The second kappa shape index (κ2) is 9.14. The lowest BCUT2D eigenvalue weighted by Crippen LogP contribution is -2.46. The van der Waals surface area contributed by atoms with E-state index in [1.807, 2.05) is 0 Å². The maximum absolute atomic E-state index is 13.8. The molecule has 0 saturated carbocycles. The SMILES string of the molecule is C=CCOC(=O)C(C)(C)CCN1OCC2NCC(F)(F)C21.O=C(O)C(F)(F)F. The van der Waals surface area contributed by atoms with Crippen LogP contribution in [0.25, 0.3) is 0 Å². The van der Waals surface area contributed by atoms with Gasteiger partial charge in [-0.3, -0.25) is 9.63 Å². The van der Waals surface area contributed by atoms with Crippen LogP contribution in [0.5, 0.6) is 0 Å². The van der Waals surface area contributed by atoms with Crippen LogP contribution in [0.2, 0.25) is 0 Å². The number of hydrogen-bond donors (Lipinski definition) is 2. The Morgan fingerprint density at radius 1 is 1.39 bits per heavy atom. The van der Waals surface area contributed by atoms with Gasteiger partial charge >= 0.3 is 18.1 Å². The Labute approximate surface area is 158 Å². The summed E-state index contributed by atoms with van der Waals surface area (Å²) in [5.41, 5.74) is -0.758. The van der Waals surface area contributed by atoms with Gasteiger partial charge in [0, 0.05) is 6.54 Å². The highest BCUT2D eigenvalue weighted by Crippen LogP contribution is 2.36. The van der Waals surface area contributed by atoms with E-state index >= 15 is 0 Å². The number of esters is 1. The van der Waals surface area contributed by atoms with Crippen molar-refractivity contribution in [3.8, 4) is 0 Å². The molecule has 0 bridgehead atoms. The van der Waals surface area contributed by atoms with Gasteiger partial charge in [-0.15, -0.1) is 0 Å². The standard InChI is InChI=1S/C14H22F2N2O3.C2HF3O2/c1-4-7-20-12(19)13(2,3)5-6-18-11-10(8-21-18)17-9-14(11,15)16;3-2(4,5)1(6)7/h4,10-11,17H,1,5-9H2,2-3H3;(H,6,7). The first-order chi connectivity index (χ1) is 12.7. The zero-order valence-corrected chi connectivity index (χ0v) is 15.4. The van der Waals surface area contributed by atoms with Crippen molar-refractivity contribution in [2.24, 2.45) is 5.41 Å². The first kappa shape index (κ1) is 24.2. The summed E-state index contributed by atoms with van der Waals surface area (Å²) < 4.78 is 64.4. The summed E-state index contributed by atoms with van der Waals surface area (Å²) in [6, 6.07) is -1.31. The fourth-order valence-electron chi connectivity index (χ4n) is 2.62. The molecule has 2 heterocycles. The quantitative estimate of drug-likeness (QED) is 0.388. The average molecular weight is 418 g/mol. The Kier molecular flexibility index (Phi) is 7.91. The Morgan fingerprint density at radius 2 is 1.96 bits per heavy atom. The Balaban J connectivity index is 0.000000480. The number of hydrogen-bond acceptors (Lipinski definition) is 6. The molecular weight excluding hydrogens is 395 g/mol. The fraction of sp³-hybridized carbons (Fsp3) is 0.750. The highest BCUT2D eigenvalue weighted by atomic mass is 19.4. The molecule has 0 aromatic carbocycles.